The zero-order valence-electron chi connectivity index (χ0n) is 34.7. The summed E-state index contributed by atoms with van der Waals surface area (Å²) in [7, 11) is -1.37. The van der Waals surface area contributed by atoms with Crippen LogP contribution in [0.25, 0.3) is 22.2 Å². The molecule has 0 radical (unpaired) electrons. The molecule has 6 aromatic carbocycles. The van der Waals surface area contributed by atoms with Crippen LogP contribution >= 0.6 is 0 Å². The number of benzene rings is 6. The van der Waals surface area contributed by atoms with E-state index >= 15 is 4.39 Å². The van der Waals surface area contributed by atoms with Crippen LogP contribution in [-0.2, 0) is 16.8 Å². The summed E-state index contributed by atoms with van der Waals surface area (Å²) in [5.74, 6) is -1.24. The summed E-state index contributed by atoms with van der Waals surface area (Å²) in [5, 5.41) is 9.59. The molecule has 310 valence electrons. The highest BCUT2D eigenvalue weighted by Crippen LogP contribution is 2.42. The standard InChI is InChI=1S/C50H49F2N5O3Si/c1-61(2,3)32-31-60-49(59)55-29-27-44(28-30-55)56(48(58)36-19-23-43(51)24-20-36)35-39-33-37(21-25-45(39)52)38-22-26-47-46(34-38)53-54-57(47)50(40-13-7-4-8-14-40,41-15-9-5-10-16-41)42-17-11-6-12-18-42/h4-26,33-34,44H,27-32,35H2,1-3H3. The van der Waals surface area contributed by atoms with Crippen molar-refractivity contribution in [3.63, 3.8) is 0 Å². The Bertz CT molecular complexity index is 2510. The van der Waals surface area contributed by atoms with Gasteiger partial charge in [-0.1, -0.05) is 128 Å². The summed E-state index contributed by atoms with van der Waals surface area (Å²) in [6, 6.07) is 47.7. The number of ether oxygens (including phenoxy) is 1. The SMILES string of the molecule is C[Si](C)(C)CCOC(=O)N1CCC(N(Cc2cc(-c3ccc4c(c3)nnn4C(c3ccccc3)(c3ccccc3)c3ccccc3)ccc2F)C(=O)c2ccc(F)cc2)CC1. The highest BCUT2D eigenvalue weighted by atomic mass is 28.3. The molecule has 1 fully saturated rings. The van der Waals surface area contributed by atoms with Crippen LogP contribution < -0.4 is 0 Å². The van der Waals surface area contributed by atoms with Crippen molar-refractivity contribution in [2.45, 2.75) is 56.7 Å². The topological polar surface area (TPSA) is 80.6 Å². The smallest absolute Gasteiger partial charge is 0.409 e. The molecular formula is C50H49F2N5O3Si. The third-order valence-corrected chi connectivity index (χ3v) is 13.4. The molecule has 8 rings (SSSR count). The van der Waals surface area contributed by atoms with Gasteiger partial charge in [-0.3, -0.25) is 4.79 Å². The number of likely N-dealkylation sites (tertiary alicyclic amines) is 1. The fraction of sp³-hybridized carbons (Fsp3) is 0.240. The quantitative estimate of drug-likeness (QED) is 0.0905. The fourth-order valence-electron chi connectivity index (χ4n) is 8.34. The van der Waals surface area contributed by atoms with E-state index in [1.165, 1.54) is 30.3 Å². The number of aromatic nitrogens is 3. The monoisotopic (exact) mass is 833 g/mol. The lowest BCUT2D eigenvalue weighted by atomic mass is 9.77. The first-order valence-electron chi connectivity index (χ1n) is 20.8. The third-order valence-electron chi connectivity index (χ3n) is 11.7. The molecule has 8 nitrogen and oxygen atoms in total. The fourth-order valence-corrected chi connectivity index (χ4v) is 9.05. The van der Waals surface area contributed by atoms with Gasteiger partial charge < -0.3 is 14.5 Å². The average molecular weight is 834 g/mol. The van der Waals surface area contributed by atoms with Gasteiger partial charge in [0.05, 0.1) is 12.1 Å². The molecule has 1 aromatic heterocycles. The van der Waals surface area contributed by atoms with E-state index in [-0.39, 0.29) is 24.6 Å². The summed E-state index contributed by atoms with van der Waals surface area (Å²) < 4.78 is 37.4. The number of nitrogens with zero attached hydrogens (tertiary/aromatic N) is 5. The lowest BCUT2D eigenvalue weighted by Crippen LogP contribution is -2.48. The molecule has 7 aromatic rings. The molecule has 0 saturated carbocycles. The summed E-state index contributed by atoms with van der Waals surface area (Å²) in [4.78, 5) is 30.4. The highest BCUT2D eigenvalue weighted by molar-refractivity contribution is 6.76. The largest absolute Gasteiger partial charge is 0.450 e. The van der Waals surface area contributed by atoms with Crippen LogP contribution in [0.2, 0.25) is 25.7 Å². The Hall–Kier alpha value is -6.46. The minimum Gasteiger partial charge on any atom is -0.450 e. The maximum absolute atomic E-state index is 15.9. The number of fused-ring (bicyclic) bond motifs is 1. The van der Waals surface area contributed by atoms with Crippen LogP contribution in [0.4, 0.5) is 13.6 Å². The molecule has 1 saturated heterocycles. The molecule has 61 heavy (non-hydrogen) atoms. The Morgan fingerprint density at radius 3 is 1.87 bits per heavy atom. The summed E-state index contributed by atoms with van der Waals surface area (Å²) in [5.41, 5.74) is 5.88. The van der Waals surface area contributed by atoms with Crippen molar-refractivity contribution in [1.29, 1.82) is 0 Å². The lowest BCUT2D eigenvalue weighted by Gasteiger charge is -2.38. The van der Waals surface area contributed by atoms with Gasteiger partial charge in [0.1, 0.15) is 22.7 Å². The van der Waals surface area contributed by atoms with E-state index in [9.17, 15) is 14.0 Å². The predicted octanol–water partition coefficient (Wildman–Crippen LogP) is 10.8. The third kappa shape index (κ3) is 8.74. The number of carbonyl (C=O) groups excluding carboxylic acids is 2. The molecule has 0 aliphatic carbocycles. The Balaban J connectivity index is 1.11. The van der Waals surface area contributed by atoms with Crippen molar-refractivity contribution < 1.29 is 23.1 Å². The normalized spacial score (nSPS) is 13.6. The van der Waals surface area contributed by atoms with Gasteiger partial charge in [0.15, 0.2) is 0 Å². The number of rotatable bonds is 12. The van der Waals surface area contributed by atoms with Gasteiger partial charge in [-0.05, 0) is 95.2 Å². The van der Waals surface area contributed by atoms with E-state index in [1.807, 2.05) is 77.5 Å². The Morgan fingerprint density at radius 2 is 1.30 bits per heavy atom. The number of amides is 2. The van der Waals surface area contributed by atoms with Crippen LogP contribution in [0.15, 0.2) is 152 Å². The van der Waals surface area contributed by atoms with Gasteiger partial charge in [-0.15, -0.1) is 5.10 Å². The summed E-state index contributed by atoms with van der Waals surface area (Å²) in [6.07, 6.45) is 0.620. The molecule has 0 atom stereocenters. The van der Waals surface area contributed by atoms with Crippen LogP contribution in [0.5, 0.6) is 0 Å². The van der Waals surface area contributed by atoms with E-state index in [4.69, 9.17) is 15.0 Å². The van der Waals surface area contributed by atoms with Crippen LogP contribution in [0.3, 0.4) is 0 Å². The molecule has 11 heteroatoms. The molecule has 0 bridgehead atoms. The zero-order valence-corrected chi connectivity index (χ0v) is 35.7. The molecular weight excluding hydrogens is 785 g/mol. The molecule has 2 heterocycles. The lowest BCUT2D eigenvalue weighted by molar-refractivity contribution is 0.0514. The van der Waals surface area contributed by atoms with Gasteiger partial charge >= 0.3 is 6.09 Å². The number of carbonyl (C=O) groups is 2. The zero-order chi connectivity index (χ0) is 42.6. The minimum absolute atomic E-state index is 0.0205. The average Bonchev–Trinajstić information content (AvgIpc) is 3.71. The molecule has 0 spiro atoms. The number of halogens is 2. The van der Waals surface area contributed by atoms with Gasteiger partial charge in [0.25, 0.3) is 5.91 Å². The van der Waals surface area contributed by atoms with Crippen LogP contribution in [0, 0.1) is 11.6 Å². The summed E-state index contributed by atoms with van der Waals surface area (Å²) in [6.45, 7) is 7.86. The van der Waals surface area contributed by atoms with E-state index in [1.54, 1.807) is 21.9 Å². The second-order valence-corrected chi connectivity index (χ2v) is 22.5. The Labute approximate surface area is 356 Å². The second kappa shape index (κ2) is 17.6. The Kier molecular flexibility index (Phi) is 11.9. The number of hydrogen-bond acceptors (Lipinski definition) is 5. The van der Waals surface area contributed by atoms with Gasteiger partial charge in [0, 0.05) is 44.9 Å². The number of piperidine rings is 1. The van der Waals surface area contributed by atoms with Gasteiger partial charge in [-0.2, -0.15) is 0 Å². The summed E-state index contributed by atoms with van der Waals surface area (Å²) >= 11 is 0. The van der Waals surface area contributed by atoms with Crippen molar-refractivity contribution in [1.82, 2.24) is 24.8 Å². The first kappa shape index (κ1) is 41.3. The van der Waals surface area contributed by atoms with Crippen molar-refractivity contribution in [3.05, 3.63) is 191 Å². The van der Waals surface area contributed by atoms with Crippen molar-refractivity contribution in [3.8, 4) is 11.1 Å². The van der Waals surface area contributed by atoms with Crippen molar-refractivity contribution in [2.24, 2.45) is 0 Å². The number of hydrogen-bond donors (Lipinski definition) is 0. The van der Waals surface area contributed by atoms with Crippen LogP contribution in [0.1, 0.15) is 45.5 Å². The first-order chi connectivity index (χ1) is 29.5. The molecule has 0 N–H and O–H groups in total. The van der Waals surface area contributed by atoms with Crippen molar-refractivity contribution >= 4 is 31.1 Å². The van der Waals surface area contributed by atoms with Gasteiger partial charge in [-0.25, -0.2) is 18.3 Å². The van der Waals surface area contributed by atoms with E-state index in [0.717, 1.165) is 39.4 Å². The van der Waals surface area contributed by atoms with Crippen LogP contribution in [-0.4, -0.2) is 70.6 Å². The molecule has 0 unspecified atom stereocenters. The maximum atomic E-state index is 15.9. The first-order valence-corrected chi connectivity index (χ1v) is 24.5. The van der Waals surface area contributed by atoms with Gasteiger partial charge in [0.2, 0.25) is 0 Å². The van der Waals surface area contributed by atoms with E-state index < -0.39 is 25.2 Å². The molecule has 1 aliphatic heterocycles. The second-order valence-electron chi connectivity index (χ2n) is 16.9. The van der Waals surface area contributed by atoms with E-state index in [2.05, 4.69) is 56.0 Å². The molecule has 1 aliphatic rings. The predicted molar refractivity (Wildman–Crippen MR) is 238 cm³/mol. The van der Waals surface area contributed by atoms with E-state index in [0.29, 0.717) is 49.2 Å². The van der Waals surface area contributed by atoms with Crippen molar-refractivity contribution in [2.75, 3.05) is 19.7 Å². The minimum atomic E-state index is -1.37. The maximum Gasteiger partial charge on any atom is 0.409 e. The Morgan fingerprint density at radius 1 is 0.738 bits per heavy atom. The highest BCUT2D eigenvalue weighted by Gasteiger charge is 2.41. The molecule has 2 amide bonds.